The first kappa shape index (κ1) is 16.7. The van der Waals surface area contributed by atoms with Crippen molar-refractivity contribution >= 4 is 23.1 Å². The van der Waals surface area contributed by atoms with Crippen LogP contribution in [0, 0.1) is 11.3 Å². The molecule has 0 spiro atoms. The van der Waals surface area contributed by atoms with Crippen LogP contribution in [0.5, 0.6) is 0 Å². The number of nitrogens with one attached hydrogen (secondary N) is 1. The molecule has 0 heterocycles. The molecule has 0 bridgehead atoms. The van der Waals surface area contributed by atoms with E-state index in [-0.39, 0.29) is 5.91 Å². The summed E-state index contributed by atoms with van der Waals surface area (Å²) in [4.78, 5) is 13.2. The van der Waals surface area contributed by atoms with Gasteiger partial charge in [-0.25, -0.2) is 0 Å². The molecule has 2 saturated carbocycles. The van der Waals surface area contributed by atoms with Crippen LogP contribution in [-0.2, 0) is 4.79 Å². The van der Waals surface area contributed by atoms with Crippen molar-refractivity contribution in [3.63, 3.8) is 0 Å². The van der Waals surface area contributed by atoms with E-state index in [0.29, 0.717) is 11.0 Å². The van der Waals surface area contributed by atoms with Crippen LogP contribution in [0.1, 0.15) is 77.6 Å². The number of hydrogen-bond donors (Lipinski definition) is 2. The lowest BCUT2D eigenvalue weighted by Gasteiger charge is -2.37. The lowest BCUT2D eigenvalue weighted by molar-refractivity contribution is -0.129. The van der Waals surface area contributed by atoms with Crippen molar-refractivity contribution in [2.24, 2.45) is 17.1 Å². The van der Waals surface area contributed by atoms with E-state index in [9.17, 15) is 4.79 Å². The third-order valence-electron chi connectivity index (χ3n) is 5.49. The highest BCUT2D eigenvalue weighted by molar-refractivity contribution is 7.80. The maximum atomic E-state index is 12.8. The molecule has 2 rings (SSSR count). The van der Waals surface area contributed by atoms with Crippen molar-refractivity contribution in [1.82, 2.24) is 5.32 Å². The summed E-state index contributed by atoms with van der Waals surface area (Å²) in [6.07, 6.45) is 12.3. The Balaban J connectivity index is 1.90. The van der Waals surface area contributed by atoms with E-state index in [1.807, 2.05) is 0 Å². The Morgan fingerprint density at radius 3 is 2.33 bits per heavy atom. The van der Waals surface area contributed by atoms with Crippen LogP contribution < -0.4 is 11.1 Å². The van der Waals surface area contributed by atoms with E-state index in [4.69, 9.17) is 18.0 Å². The van der Waals surface area contributed by atoms with Gasteiger partial charge in [-0.3, -0.25) is 4.79 Å². The predicted octanol–water partition coefficient (Wildman–Crippen LogP) is 3.70. The molecule has 2 aliphatic rings. The van der Waals surface area contributed by atoms with Crippen LogP contribution in [0.4, 0.5) is 0 Å². The van der Waals surface area contributed by atoms with E-state index >= 15 is 0 Å². The van der Waals surface area contributed by atoms with Crippen molar-refractivity contribution in [3.8, 4) is 0 Å². The highest BCUT2D eigenvalue weighted by atomic mass is 32.1. The molecule has 0 unspecified atom stereocenters. The molecule has 0 aromatic carbocycles. The molecular weight excluding hydrogens is 280 g/mol. The highest BCUT2D eigenvalue weighted by Crippen LogP contribution is 2.37. The van der Waals surface area contributed by atoms with Crippen LogP contribution in [0.15, 0.2) is 0 Å². The number of nitrogens with two attached hydrogens (primary N) is 1. The van der Waals surface area contributed by atoms with Crippen LogP contribution in [0.25, 0.3) is 0 Å². The van der Waals surface area contributed by atoms with Crippen molar-refractivity contribution in [2.45, 2.75) is 83.6 Å². The number of amides is 1. The van der Waals surface area contributed by atoms with Gasteiger partial charge in [-0.1, -0.05) is 51.2 Å². The Bertz CT molecular complexity index is 369. The lowest BCUT2D eigenvalue weighted by Crippen LogP contribution is -2.53. The quantitative estimate of drug-likeness (QED) is 0.761. The Hall–Kier alpha value is -0.640. The van der Waals surface area contributed by atoms with Crippen LogP contribution in [0.2, 0.25) is 0 Å². The second-order valence-corrected chi connectivity index (χ2v) is 7.43. The molecule has 1 amide bonds. The molecule has 21 heavy (non-hydrogen) atoms. The topological polar surface area (TPSA) is 55.1 Å². The van der Waals surface area contributed by atoms with Gasteiger partial charge < -0.3 is 11.1 Å². The van der Waals surface area contributed by atoms with E-state index in [1.165, 1.54) is 32.1 Å². The summed E-state index contributed by atoms with van der Waals surface area (Å²) in [5.41, 5.74) is 5.38. The largest absolute Gasteiger partial charge is 0.392 e. The summed E-state index contributed by atoms with van der Waals surface area (Å²) in [5.74, 6) is 0.969. The zero-order valence-corrected chi connectivity index (χ0v) is 14.1. The van der Waals surface area contributed by atoms with E-state index in [1.54, 1.807) is 0 Å². The average Bonchev–Trinajstić information content (AvgIpc) is 2.50. The van der Waals surface area contributed by atoms with Gasteiger partial charge in [0, 0.05) is 6.04 Å². The molecule has 0 saturated heterocycles. The standard InChI is InChI=1S/C17H30N2OS/c1-2-6-13-7-9-14(10-8-13)19-16(20)17(15(18)21)11-4-3-5-12-17/h13-14H,2-12H2,1H3,(H2,18,21)(H,19,20). The maximum Gasteiger partial charge on any atom is 0.233 e. The molecule has 120 valence electrons. The highest BCUT2D eigenvalue weighted by Gasteiger charge is 2.43. The average molecular weight is 311 g/mol. The van der Waals surface area contributed by atoms with Crippen molar-refractivity contribution < 1.29 is 4.79 Å². The van der Waals surface area contributed by atoms with Gasteiger partial charge in [0.15, 0.2) is 0 Å². The van der Waals surface area contributed by atoms with Gasteiger partial charge in [0.25, 0.3) is 0 Å². The normalized spacial score (nSPS) is 28.8. The van der Waals surface area contributed by atoms with Gasteiger partial charge in [0.05, 0.1) is 10.4 Å². The number of carbonyl (C=O) groups excluding carboxylic acids is 1. The monoisotopic (exact) mass is 310 g/mol. The van der Waals surface area contributed by atoms with Gasteiger partial charge in [0.2, 0.25) is 5.91 Å². The molecule has 2 aliphatic carbocycles. The van der Waals surface area contributed by atoms with Crippen LogP contribution in [0.3, 0.4) is 0 Å². The first-order chi connectivity index (χ1) is 10.1. The maximum absolute atomic E-state index is 12.8. The Kier molecular flexibility index (Phi) is 6.03. The molecule has 0 aromatic heterocycles. The summed E-state index contributed by atoms with van der Waals surface area (Å²) >= 11 is 5.24. The van der Waals surface area contributed by atoms with Crippen molar-refractivity contribution in [3.05, 3.63) is 0 Å². The minimum atomic E-state index is -0.562. The molecule has 0 atom stereocenters. The first-order valence-electron chi connectivity index (χ1n) is 8.69. The zero-order chi connectivity index (χ0) is 15.3. The zero-order valence-electron chi connectivity index (χ0n) is 13.3. The van der Waals surface area contributed by atoms with Crippen molar-refractivity contribution in [2.75, 3.05) is 0 Å². The second kappa shape index (κ2) is 7.57. The summed E-state index contributed by atoms with van der Waals surface area (Å²) in [6, 6.07) is 0.332. The summed E-state index contributed by atoms with van der Waals surface area (Å²) in [5, 5.41) is 3.27. The number of hydrogen-bond acceptors (Lipinski definition) is 2. The van der Waals surface area contributed by atoms with E-state index in [0.717, 1.165) is 44.4 Å². The fourth-order valence-electron chi connectivity index (χ4n) is 4.07. The van der Waals surface area contributed by atoms with Gasteiger partial charge in [-0.05, 0) is 44.4 Å². The van der Waals surface area contributed by atoms with Gasteiger partial charge in [-0.2, -0.15) is 0 Å². The third kappa shape index (κ3) is 3.97. The SMILES string of the molecule is CCCC1CCC(NC(=O)C2(C(N)=S)CCCCC2)CC1. The summed E-state index contributed by atoms with van der Waals surface area (Å²) in [6.45, 7) is 2.25. The molecule has 3 nitrogen and oxygen atoms in total. The molecular formula is C17H30N2OS. The smallest absolute Gasteiger partial charge is 0.233 e. The lowest BCUT2D eigenvalue weighted by atomic mass is 9.72. The van der Waals surface area contributed by atoms with Crippen LogP contribution in [-0.4, -0.2) is 16.9 Å². The number of rotatable bonds is 5. The van der Waals surface area contributed by atoms with E-state index < -0.39 is 5.41 Å². The Morgan fingerprint density at radius 1 is 1.19 bits per heavy atom. The predicted molar refractivity (Wildman–Crippen MR) is 91.1 cm³/mol. The minimum absolute atomic E-state index is 0.105. The Morgan fingerprint density at radius 2 is 1.81 bits per heavy atom. The van der Waals surface area contributed by atoms with Crippen molar-refractivity contribution in [1.29, 1.82) is 0 Å². The second-order valence-electron chi connectivity index (χ2n) is 6.99. The fraction of sp³-hybridized carbons (Fsp3) is 0.882. The molecule has 0 aromatic rings. The van der Waals surface area contributed by atoms with Gasteiger partial charge in [0.1, 0.15) is 0 Å². The number of carbonyl (C=O) groups is 1. The van der Waals surface area contributed by atoms with Gasteiger partial charge >= 0.3 is 0 Å². The molecule has 0 aliphatic heterocycles. The minimum Gasteiger partial charge on any atom is -0.392 e. The summed E-state index contributed by atoms with van der Waals surface area (Å²) < 4.78 is 0. The molecule has 3 N–H and O–H groups in total. The summed E-state index contributed by atoms with van der Waals surface area (Å²) in [7, 11) is 0. The van der Waals surface area contributed by atoms with Crippen LogP contribution >= 0.6 is 12.2 Å². The third-order valence-corrected chi connectivity index (χ3v) is 5.88. The fourth-order valence-corrected chi connectivity index (χ4v) is 4.36. The Labute approximate surface area is 134 Å². The van der Waals surface area contributed by atoms with E-state index in [2.05, 4.69) is 12.2 Å². The molecule has 4 heteroatoms. The molecule has 0 radical (unpaired) electrons. The van der Waals surface area contributed by atoms with Gasteiger partial charge in [-0.15, -0.1) is 0 Å². The number of thiocarbonyl (C=S) groups is 1. The molecule has 2 fully saturated rings. The first-order valence-corrected chi connectivity index (χ1v) is 9.10.